The molecule has 46 heavy (non-hydrogen) atoms. The van der Waals surface area contributed by atoms with Gasteiger partial charge in [-0.15, -0.1) is 0 Å². The van der Waals surface area contributed by atoms with Crippen molar-refractivity contribution in [3.8, 4) is 11.5 Å². The first-order chi connectivity index (χ1) is 22.2. The zero-order chi connectivity index (χ0) is 32.6. The quantitative estimate of drug-likeness (QED) is 0.147. The van der Waals surface area contributed by atoms with E-state index >= 15 is 0 Å². The minimum Gasteiger partial charge on any atom is -0.457 e. The number of ether oxygens (including phenoxy) is 1. The van der Waals surface area contributed by atoms with E-state index in [1.807, 2.05) is 67.6 Å². The van der Waals surface area contributed by atoms with Crippen LogP contribution in [0.15, 0.2) is 60.7 Å². The van der Waals surface area contributed by atoms with E-state index in [4.69, 9.17) is 9.72 Å². The minimum absolute atomic E-state index is 0.156. The molecule has 1 fully saturated rings. The maximum Gasteiger partial charge on any atom is 0.319 e. The zero-order valence-electron chi connectivity index (χ0n) is 27.9. The maximum atomic E-state index is 13.3. The number of amides is 3. The normalized spacial score (nSPS) is 13.7. The lowest BCUT2D eigenvalue weighted by Crippen LogP contribution is -2.37. The Morgan fingerprint density at radius 2 is 1.61 bits per heavy atom. The SMILES string of the molecule is CCC(CC)NC(=O)Nc1ccc(Oc2ccc(NC(=O)c3ccc4c(c3)nc(CCN3CCCCC3)n4C(C)C)cc2C)cc1. The van der Waals surface area contributed by atoms with Crippen LogP contribution < -0.4 is 20.7 Å². The molecule has 1 saturated heterocycles. The Bertz CT molecular complexity index is 1640. The van der Waals surface area contributed by atoms with Crippen molar-refractivity contribution in [2.45, 2.75) is 85.2 Å². The van der Waals surface area contributed by atoms with Crippen LogP contribution >= 0.6 is 0 Å². The molecule has 1 aliphatic heterocycles. The number of urea groups is 1. The van der Waals surface area contributed by atoms with Gasteiger partial charge in [0.2, 0.25) is 0 Å². The maximum absolute atomic E-state index is 13.3. The summed E-state index contributed by atoms with van der Waals surface area (Å²) in [6.07, 6.45) is 6.57. The molecule has 4 aromatic rings. The second-order valence-corrected chi connectivity index (χ2v) is 12.5. The first-order valence-corrected chi connectivity index (χ1v) is 16.7. The Morgan fingerprint density at radius 1 is 0.891 bits per heavy atom. The molecule has 9 heteroatoms. The van der Waals surface area contributed by atoms with Crippen molar-refractivity contribution < 1.29 is 14.3 Å². The van der Waals surface area contributed by atoms with Crippen LogP contribution in [0, 0.1) is 6.92 Å². The molecule has 0 saturated carbocycles. The number of nitrogens with one attached hydrogen (secondary N) is 3. The van der Waals surface area contributed by atoms with Gasteiger partial charge in [0.05, 0.1) is 11.0 Å². The zero-order valence-corrected chi connectivity index (χ0v) is 27.9. The van der Waals surface area contributed by atoms with Gasteiger partial charge in [0.1, 0.15) is 17.3 Å². The van der Waals surface area contributed by atoms with Crippen molar-refractivity contribution in [3.05, 3.63) is 77.6 Å². The molecule has 3 amide bonds. The molecular weight excluding hydrogens is 576 g/mol. The van der Waals surface area contributed by atoms with Crippen molar-refractivity contribution in [2.24, 2.45) is 0 Å². The van der Waals surface area contributed by atoms with Gasteiger partial charge >= 0.3 is 6.03 Å². The highest BCUT2D eigenvalue weighted by Crippen LogP contribution is 2.29. The highest BCUT2D eigenvalue weighted by Gasteiger charge is 2.18. The highest BCUT2D eigenvalue weighted by molar-refractivity contribution is 6.06. The van der Waals surface area contributed by atoms with Gasteiger partial charge in [-0.05, 0) is 126 Å². The predicted molar refractivity (Wildman–Crippen MR) is 186 cm³/mol. The standard InChI is InChI=1S/C37H48N6O3/c1-6-28(7-2)39-37(45)40-29-12-15-31(16-13-29)46-34-18-14-30(23-26(34)5)38-36(44)27-11-17-33-32(24-27)41-35(43(33)25(3)4)19-22-42-20-9-8-10-21-42/h11-18,23-25,28H,6-10,19-22H2,1-5H3,(H,38,44)(H2,39,40,45). The Labute approximate surface area is 272 Å². The number of carbonyl (C=O) groups excluding carboxylic acids is 2. The molecule has 3 aromatic carbocycles. The summed E-state index contributed by atoms with van der Waals surface area (Å²) in [4.78, 5) is 33.1. The van der Waals surface area contributed by atoms with Gasteiger partial charge in [0.15, 0.2) is 0 Å². The third-order valence-corrected chi connectivity index (χ3v) is 8.74. The number of hydrogen-bond acceptors (Lipinski definition) is 5. The summed E-state index contributed by atoms with van der Waals surface area (Å²) in [6.45, 7) is 13.8. The number of benzene rings is 3. The molecule has 0 spiro atoms. The number of likely N-dealkylation sites (tertiary alicyclic amines) is 1. The summed E-state index contributed by atoms with van der Waals surface area (Å²) < 4.78 is 8.40. The molecule has 3 N–H and O–H groups in total. The molecule has 1 aliphatic rings. The molecule has 0 bridgehead atoms. The van der Waals surface area contributed by atoms with Gasteiger partial charge in [0, 0.05) is 42.0 Å². The van der Waals surface area contributed by atoms with Gasteiger partial charge in [-0.3, -0.25) is 4.79 Å². The Balaban J connectivity index is 1.21. The Morgan fingerprint density at radius 3 is 2.28 bits per heavy atom. The number of fused-ring (bicyclic) bond motifs is 1. The van der Waals surface area contributed by atoms with Crippen LogP contribution in [-0.4, -0.2) is 52.1 Å². The number of imidazole rings is 1. The summed E-state index contributed by atoms with van der Waals surface area (Å²) in [6, 6.07) is 18.9. The number of hydrogen-bond donors (Lipinski definition) is 3. The van der Waals surface area contributed by atoms with Crippen molar-refractivity contribution in [3.63, 3.8) is 0 Å². The highest BCUT2D eigenvalue weighted by atomic mass is 16.5. The van der Waals surface area contributed by atoms with Crippen molar-refractivity contribution in [2.75, 3.05) is 30.3 Å². The van der Waals surface area contributed by atoms with Gasteiger partial charge in [0.25, 0.3) is 5.91 Å². The lowest BCUT2D eigenvalue weighted by atomic mass is 10.1. The largest absolute Gasteiger partial charge is 0.457 e. The Kier molecular flexibility index (Phi) is 11.0. The van der Waals surface area contributed by atoms with Crippen LogP contribution in [0.1, 0.15) is 87.6 Å². The van der Waals surface area contributed by atoms with E-state index in [2.05, 4.69) is 53.1 Å². The first-order valence-electron chi connectivity index (χ1n) is 16.7. The van der Waals surface area contributed by atoms with E-state index in [0.717, 1.165) is 48.2 Å². The van der Waals surface area contributed by atoms with Crippen molar-refractivity contribution >= 4 is 34.3 Å². The van der Waals surface area contributed by atoms with Crippen molar-refractivity contribution in [1.82, 2.24) is 19.8 Å². The van der Waals surface area contributed by atoms with Crippen LogP contribution in [0.3, 0.4) is 0 Å². The molecule has 2 heterocycles. The monoisotopic (exact) mass is 624 g/mol. The summed E-state index contributed by atoms with van der Waals surface area (Å²) in [5.74, 6) is 2.23. The number of aromatic nitrogens is 2. The number of anilines is 2. The van der Waals surface area contributed by atoms with Gasteiger partial charge in [-0.25, -0.2) is 9.78 Å². The number of aryl methyl sites for hydroxylation is 1. The second-order valence-electron chi connectivity index (χ2n) is 12.5. The van der Waals surface area contributed by atoms with E-state index in [1.54, 1.807) is 0 Å². The van der Waals surface area contributed by atoms with E-state index in [1.165, 1.54) is 32.4 Å². The number of rotatable bonds is 12. The minimum atomic E-state index is -0.214. The van der Waals surface area contributed by atoms with Crippen LogP contribution in [0.5, 0.6) is 11.5 Å². The average molecular weight is 625 g/mol. The average Bonchev–Trinajstić information content (AvgIpc) is 3.43. The van der Waals surface area contributed by atoms with E-state index in [-0.39, 0.29) is 24.0 Å². The molecule has 9 nitrogen and oxygen atoms in total. The number of carbonyl (C=O) groups is 2. The van der Waals surface area contributed by atoms with Gasteiger partial charge < -0.3 is 30.2 Å². The molecule has 244 valence electrons. The molecule has 0 radical (unpaired) electrons. The predicted octanol–water partition coefficient (Wildman–Crippen LogP) is 8.31. The fourth-order valence-corrected chi connectivity index (χ4v) is 6.11. The van der Waals surface area contributed by atoms with Crippen LogP contribution in [0.2, 0.25) is 0 Å². The lowest BCUT2D eigenvalue weighted by Gasteiger charge is -2.26. The Hall–Kier alpha value is -4.37. The van der Waals surface area contributed by atoms with Crippen LogP contribution in [0.4, 0.5) is 16.2 Å². The fourth-order valence-electron chi connectivity index (χ4n) is 6.11. The topological polar surface area (TPSA) is 101 Å². The number of piperidine rings is 1. The fraction of sp³-hybridized carbons (Fsp3) is 0.432. The number of nitrogens with zero attached hydrogens (tertiary/aromatic N) is 3. The summed E-state index contributed by atoms with van der Waals surface area (Å²) in [7, 11) is 0. The second kappa shape index (κ2) is 15.3. The smallest absolute Gasteiger partial charge is 0.319 e. The molecule has 0 unspecified atom stereocenters. The molecule has 0 atom stereocenters. The molecule has 1 aromatic heterocycles. The summed E-state index contributed by atoms with van der Waals surface area (Å²) in [5, 5.41) is 8.87. The summed E-state index contributed by atoms with van der Waals surface area (Å²) >= 11 is 0. The van der Waals surface area contributed by atoms with E-state index < -0.39 is 0 Å². The third kappa shape index (κ3) is 8.26. The summed E-state index contributed by atoms with van der Waals surface area (Å²) in [5.41, 5.74) is 4.74. The van der Waals surface area contributed by atoms with Crippen molar-refractivity contribution in [1.29, 1.82) is 0 Å². The molecular formula is C37H48N6O3. The van der Waals surface area contributed by atoms with Crippen LogP contribution in [0.25, 0.3) is 11.0 Å². The third-order valence-electron chi connectivity index (χ3n) is 8.74. The lowest BCUT2D eigenvalue weighted by molar-refractivity contribution is 0.102. The first kappa shape index (κ1) is 33.0. The molecule has 5 rings (SSSR count). The van der Waals surface area contributed by atoms with Crippen LogP contribution in [-0.2, 0) is 6.42 Å². The van der Waals surface area contributed by atoms with Gasteiger partial charge in [-0.1, -0.05) is 20.3 Å². The molecule has 0 aliphatic carbocycles. The van der Waals surface area contributed by atoms with Gasteiger partial charge in [-0.2, -0.15) is 0 Å². The van der Waals surface area contributed by atoms with E-state index in [0.29, 0.717) is 28.4 Å². The van der Waals surface area contributed by atoms with E-state index in [9.17, 15) is 9.59 Å².